The van der Waals surface area contributed by atoms with Gasteiger partial charge in [-0.25, -0.2) is 0 Å². The van der Waals surface area contributed by atoms with Crippen molar-refractivity contribution >= 4 is 5.97 Å². The number of rotatable bonds is 4. The van der Waals surface area contributed by atoms with Crippen molar-refractivity contribution < 1.29 is 9.53 Å². The highest BCUT2D eigenvalue weighted by Crippen LogP contribution is 2.01. The molecule has 0 aromatic rings. The van der Waals surface area contributed by atoms with Crippen LogP contribution in [0.1, 0.15) is 20.3 Å². The standard InChI is InChI=1S/C7H15NO2/c1-3-6(5-8)7(9)10-4-2/h6H,3-5,8H2,1-2H3/t6-/m1/s1. The first-order valence-electron chi connectivity index (χ1n) is 3.62. The van der Waals surface area contributed by atoms with Crippen LogP contribution in [0.15, 0.2) is 0 Å². The Morgan fingerprint density at radius 2 is 2.20 bits per heavy atom. The van der Waals surface area contributed by atoms with Gasteiger partial charge in [-0.3, -0.25) is 4.79 Å². The van der Waals surface area contributed by atoms with Gasteiger partial charge in [0.1, 0.15) is 0 Å². The van der Waals surface area contributed by atoms with Crippen molar-refractivity contribution in [2.24, 2.45) is 11.7 Å². The molecule has 0 aromatic heterocycles. The third-order valence-corrected chi connectivity index (χ3v) is 1.40. The number of hydrogen-bond donors (Lipinski definition) is 1. The van der Waals surface area contributed by atoms with Crippen molar-refractivity contribution in [2.75, 3.05) is 13.2 Å². The Labute approximate surface area is 61.5 Å². The molecule has 2 N–H and O–H groups in total. The van der Waals surface area contributed by atoms with E-state index in [9.17, 15) is 4.79 Å². The number of ether oxygens (including phenoxy) is 1. The minimum atomic E-state index is -0.174. The van der Waals surface area contributed by atoms with Crippen molar-refractivity contribution in [3.8, 4) is 0 Å². The minimum Gasteiger partial charge on any atom is -0.466 e. The molecule has 0 saturated carbocycles. The maximum atomic E-state index is 10.9. The van der Waals surface area contributed by atoms with Gasteiger partial charge in [-0.05, 0) is 13.3 Å². The summed E-state index contributed by atoms with van der Waals surface area (Å²) in [6.45, 7) is 4.54. The van der Waals surface area contributed by atoms with Crippen molar-refractivity contribution in [2.45, 2.75) is 20.3 Å². The molecule has 3 nitrogen and oxygen atoms in total. The van der Waals surface area contributed by atoms with Gasteiger partial charge in [0.05, 0.1) is 12.5 Å². The van der Waals surface area contributed by atoms with Crippen LogP contribution in [0.3, 0.4) is 0 Å². The Balaban J connectivity index is 3.65. The molecule has 0 unspecified atom stereocenters. The lowest BCUT2D eigenvalue weighted by atomic mass is 10.1. The minimum absolute atomic E-state index is 0.111. The molecule has 0 aliphatic rings. The molecule has 0 rings (SSSR count). The molecule has 10 heavy (non-hydrogen) atoms. The first kappa shape index (κ1) is 9.43. The fourth-order valence-corrected chi connectivity index (χ4v) is 0.690. The van der Waals surface area contributed by atoms with E-state index in [2.05, 4.69) is 0 Å². The van der Waals surface area contributed by atoms with Gasteiger partial charge in [-0.15, -0.1) is 0 Å². The third kappa shape index (κ3) is 2.82. The molecule has 0 spiro atoms. The quantitative estimate of drug-likeness (QED) is 0.587. The third-order valence-electron chi connectivity index (χ3n) is 1.40. The second-order valence-electron chi connectivity index (χ2n) is 2.09. The van der Waals surface area contributed by atoms with Gasteiger partial charge in [0.15, 0.2) is 0 Å². The maximum Gasteiger partial charge on any atom is 0.310 e. The molecular weight excluding hydrogens is 130 g/mol. The van der Waals surface area contributed by atoms with Crippen LogP contribution < -0.4 is 5.73 Å². The van der Waals surface area contributed by atoms with E-state index >= 15 is 0 Å². The summed E-state index contributed by atoms with van der Waals surface area (Å²) >= 11 is 0. The van der Waals surface area contributed by atoms with Gasteiger partial charge < -0.3 is 10.5 Å². The molecule has 0 fully saturated rings. The summed E-state index contributed by atoms with van der Waals surface area (Å²) in [5, 5.41) is 0. The van der Waals surface area contributed by atoms with E-state index in [0.717, 1.165) is 6.42 Å². The van der Waals surface area contributed by atoms with Gasteiger partial charge in [-0.2, -0.15) is 0 Å². The van der Waals surface area contributed by atoms with Crippen LogP contribution in [0.4, 0.5) is 0 Å². The van der Waals surface area contributed by atoms with E-state index < -0.39 is 0 Å². The number of carbonyl (C=O) groups excluding carboxylic acids is 1. The summed E-state index contributed by atoms with van der Waals surface area (Å²) in [5.74, 6) is -0.285. The van der Waals surface area contributed by atoms with E-state index in [0.29, 0.717) is 13.2 Å². The van der Waals surface area contributed by atoms with Crippen LogP contribution >= 0.6 is 0 Å². The fourth-order valence-electron chi connectivity index (χ4n) is 0.690. The van der Waals surface area contributed by atoms with Crippen LogP contribution in [-0.2, 0) is 9.53 Å². The number of esters is 1. The Hall–Kier alpha value is -0.570. The molecule has 0 heterocycles. The molecule has 0 aromatic carbocycles. The Morgan fingerprint density at radius 1 is 1.60 bits per heavy atom. The van der Waals surface area contributed by atoms with Crippen LogP contribution in [0.5, 0.6) is 0 Å². The summed E-state index contributed by atoms with van der Waals surface area (Å²) in [6.07, 6.45) is 0.759. The highest BCUT2D eigenvalue weighted by Gasteiger charge is 2.14. The normalized spacial score (nSPS) is 12.7. The van der Waals surface area contributed by atoms with Crippen LogP contribution in [0.25, 0.3) is 0 Å². The zero-order chi connectivity index (χ0) is 7.98. The summed E-state index contributed by atoms with van der Waals surface area (Å²) in [4.78, 5) is 10.9. The lowest BCUT2D eigenvalue weighted by Gasteiger charge is -2.09. The maximum absolute atomic E-state index is 10.9. The highest BCUT2D eigenvalue weighted by molar-refractivity contribution is 5.72. The Bertz CT molecular complexity index is 99.8. The van der Waals surface area contributed by atoms with E-state index in [1.807, 2.05) is 6.92 Å². The predicted octanol–water partition coefficient (Wildman–Crippen LogP) is 0.534. The number of carbonyl (C=O) groups is 1. The van der Waals surface area contributed by atoms with Crippen molar-refractivity contribution in [3.63, 3.8) is 0 Å². The first-order valence-corrected chi connectivity index (χ1v) is 3.62. The lowest BCUT2D eigenvalue weighted by molar-refractivity contribution is -0.147. The van der Waals surface area contributed by atoms with E-state index in [4.69, 9.17) is 10.5 Å². The average Bonchev–Trinajstić information content (AvgIpc) is 1.91. The molecule has 0 saturated heterocycles. The molecule has 3 heteroatoms. The zero-order valence-electron chi connectivity index (χ0n) is 6.59. The summed E-state index contributed by atoms with van der Waals surface area (Å²) < 4.78 is 4.77. The van der Waals surface area contributed by atoms with Gasteiger partial charge in [-0.1, -0.05) is 6.92 Å². The van der Waals surface area contributed by atoms with Crippen molar-refractivity contribution in [1.29, 1.82) is 0 Å². The van der Waals surface area contributed by atoms with Crippen molar-refractivity contribution in [3.05, 3.63) is 0 Å². The van der Waals surface area contributed by atoms with Crippen LogP contribution in [0, 0.1) is 5.92 Å². The monoisotopic (exact) mass is 145 g/mol. The van der Waals surface area contributed by atoms with E-state index in [-0.39, 0.29) is 11.9 Å². The largest absolute Gasteiger partial charge is 0.466 e. The molecular formula is C7H15NO2. The molecule has 0 aliphatic carbocycles. The molecule has 60 valence electrons. The van der Waals surface area contributed by atoms with Crippen molar-refractivity contribution in [1.82, 2.24) is 0 Å². The Kier molecular flexibility index (Phi) is 4.94. The molecule has 0 radical (unpaired) electrons. The second-order valence-corrected chi connectivity index (χ2v) is 2.09. The van der Waals surface area contributed by atoms with Gasteiger partial charge in [0.2, 0.25) is 0 Å². The predicted molar refractivity (Wildman–Crippen MR) is 39.5 cm³/mol. The smallest absolute Gasteiger partial charge is 0.310 e. The van der Waals surface area contributed by atoms with E-state index in [1.165, 1.54) is 0 Å². The van der Waals surface area contributed by atoms with Crippen LogP contribution in [-0.4, -0.2) is 19.1 Å². The first-order chi connectivity index (χ1) is 4.76. The highest BCUT2D eigenvalue weighted by atomic mass is 16.5. The number of hydrogen-bond acceptors (Lipinski definition) is 3. The zero-order valence-corrected chi connectivity index (χ0v) is 6.59. The Morgan fingerprint density at radius 3 is 2.50 bits per heavy atom. The fraction of sp³-hybridized carbons (Fsp3) is 0.857. The van der Waals surface area contributed by atoms with E-state index in [1.54, 1.807) is 6.92 Å². The summed E-state index contributed by atoms with van der Waals surface area (Å²) in [6, 6.07) is 0. The molecule has 0 amide bonds. The molecule has 0 bridgehead atoms. The molecule has 0 aliphatic heterocycles. The number of nitrogens with two attached hydrogens (primary N) is 1. The molecule has 1 atom stereocenters. The van der Waals surface area contributed by atoms with Gasteiger partial charge in [0.25, 0.3) is 0 Å². The lowest BCUT2D eigenvalue weighted by Crippen LogP contribution is -2.24. The SMILES string of the molecule is CCOC(=O)[C@H](CC)CN. The second kappa shape index (κ2) is 5.23. The summed E-state index contributed by atoms with van der Waals surface area (Å²) in [5.41, 5.74) is 5.31. The van der Waals surface area contributed by atoms with Gasteiger partial charge >= 0.3 is 5.97 Å². The average molecular weight is 145 g/mol. The topological polar surface area (TPSA) is 52.3 Å². The summed E-state index contributed by atoms with van der Waals surface area (Å²) in [7, 11) is 0. The van der Waals surface area contributed by atoms with Crippen LogP contribution in [0.2, 0.25) is 0 Å². The van der Waals surface area contributed by atoms with Gasteiger partial charge in [0, 0.05) is 6.54 Å².